The summed E-state index contributed by atoms with van der Waals surface area (Å²) >= 11 is 0. The lowest BCUT2D eigenvalue weighted by Gasteiger charge is -2.46. The van der Waals surface area contributed by atoms with Crippen molar-refractivity contribution in [2.45, 2.75) is 51.6 Å². The van der Waals surface area contributed by atoms with E-state index < -0.39 is 5.41 Å². The van der Waals surface area contributed by atoms with Gasteiger partial charge in [0.2, 0.25) is 5.91 Å². The lowest BCUT2D eigenvalue weighted by molar-refractivity contribution is -0.129. The average Bonchev–Trinajstić information content (AvgIpc) is 3.01. The summed E-state index contributed by atoms with van der Waals surface area (Å²) < 4.78 is 5.00. The van der Waals surface area contributed by atoms with Gasteiger partial charge in [-0.15, -0.1) is 0 Å². The van der Waals surface area contributed by atoms with Gasteiger partial charge in [0.05, 0.1) is 7.11 Å². The van der Waals surface area contributed by atoms with Crippen LogP contribution >= 0.6 is 0 Å². The molecule has 2 N–H and O–H groups in total. The van der Waals surface area contributed by atoms with Gasteiger partial charge in [-0.05, 0) is 37.1 Å². The van der Waals surface area contributed by atoms with Crippen LogP contribution in [0.1, 0.15) is 54.7 Å². The van der Waals surface area contributed by atoms with Gasteiger partial charge in [0, 0.05) is 40.9 Å². The van der Waals surface area contributed by atoms with Crippen molar-refractivity contribution in [3.63, 3.8) is 0 Å². The van der Waals surface area contributed by atoms with Crippen LogP contribution in [0.2, 0.25) is 0 Å². The summed E-state index contributed by atoms with van der Waals surface area (Å²) in [6.45, 7) is 6.64. The lowest BCUT2D eigenvalue weighted by Crippen LogP contribution is -2.56. The fraction of sp³-hybridized carbons (Fsp3) is 0.545. The third-order valence-electron chi connectivity index (χ3n) is 6.26. The van der Waals surface area contributed by atoms with E-state index in [2.05, 4.69) is 28.3 Å². The first-order valence-corrected chi connectivity index (χ1v) is 9.93. The molecule has 1 aliphatic carbocycles. The maximum absolute atomic E-state index is 12.5. The zero-order valence-corrected chi connectivity index (χ0v) is 17.3. The summed E-state index contributed by atoms with van der Waals surface area (Å²) in [5.41, 5.74) is 3.47. The zero-order chi connectivity index (χ0) is 20.2. The fourth-order valence-electron chi connectivity index (χ4n) is 4.81. The molecule has 1 fully saturated rings. The van der Waals surface area contributed by atoms with Crippen molar-refractivity contribution in [3.8, 4) is 0 Å². The Balaban J connectivity index is 1.72. The van der Waals surface area contributed by atoms with Crippen molar-refractivity contribution >= 4 is 22.8 Å². The van der Waals surface area contributed by atoms with Gasteiger partial charge >= 0.3 is 5.97 Å². The zero-order valence-electron chi connectivity index (χ0n) is 17.3. The molecule has 1 aromatic carbocycles. The van der Waals surface area contributed by atoms with Gasteiger partial charge in [-0.25, -0.2) is 4.79 Å². The van der Waals surface area contributed by atoms with E-state index in [-0.39, 0.29) is 17.9 Å². The number of nitrogens with zero attached hydrogens (tertiary/aromatic N) is 1. The first-order chi connectivity index (χ1) is 13.2. The molecule has 0 saturated carbocycles. The van der Waals surface area contributed by atoms with E-state index in [0.717, 1.165) is 35.9 Å². The number of piperidine rings is 1. The van der Waals surface area contributed by atoms with Crippen molar-refractivity contribution in [3.05, 3.63) is 35.0 Å². The summed E-state index contributed by atoms with van der Waals surface area (Å²) in [5, 5.41) is 4.40. The smallest absolute Gasteiger partial charge is 0.354 e. The molecule has 3 atom stereocenters. The standard InChI is InChI=1S/C22H29N3O3/c1-22(2,3)21(27)23-12-9-14-13-7-6-8-16-18(13)15(10-17(14)25(4)11-12)19(24-16)20(26)28-5/h6-8,12,14,17,24H,9-11H2,1-5H3,(H,23,27)/t12-,14+,17+/m0/s1. The number of nitrogens with one attached hydrogen (secondary N) is 2. The number of amides is 1. The van der Waals surface area contributed by atoms with Crippen LogP contribution in [0.15, 0.2) is 18.2 Å². The predicted molar refractivity (Wildman–Crippen MR) is 109 cm³/mol. The van der Waals surface area contributed by atoms with Crippen LogP contribution in [0.3, 0.4) is 0 Å². The monoisotopic (exact) mass is 383 g/mol. The van der Waals surface area contributed by atoms with Crippen LogP contribution in [0.5, 0.6) is 0 Å². The number of likely N-dealkylation sites (N-methyl/N-ethyl adjacent to an activating group) is 1. The number of ether oxygens (including phenoxy) is 1. The van der Waals surface area contributed by atoms with Crippen molar-refractivity contribution < 1.29 is 14.3 Å². The Morgan fingerprint density at radius 3 is 2.71 bits per heavy atom. The highest BCUT2D eigenvalue weighted by atomic mass is 16.5. The predicted octanol–water partition coefficient (Wildman–Crippen LogP) is 2.83. The third kappa shape index (κ3) is 3.00. The summed E-state index contributed by atoms with van der Waals surface area (Å²) in [6, 6.07) is 6.65. The summed E-state index contributed by atoms with van der Waals surface area (Å²) in [7, 11) is 3.53. The number of hydrogen-bond donors (Lipinski definition) is 2. The van der Waals surface area contributed by atoms with Crippen LogP contribution in [-0.2, 0) is 16.0 Å². The van der Waals surface area contributed by atoms with Crippen LogP contribution in [0.4, 0.5) is 0 Å². The fourth-order valence-corrected chi connectivity index (χ4v) is 4.81. The van der Waals surface area contributed by atoms with Crippen LogP contribution < -0.4 is 5.32 Å². The Kier molecular flexibility index (Phi) is 4.49. The Hall–Kier alpha value is -2.34. The number of rotatable bonds is 2. The maximum atomic E-state index is 12.5. The molecule has 6 nitrogen and oxygen atoms in total. The normalized spacial score (nSPS) is 24.7. The van der Waals surface area contributed by atoms with E-state index in [0.29, 0.717) is 17.7 Å². The van der Waals surface area contributed by atoms with Gasteiger partial charge in [0.1, 0.15) is 5.69 Å². The number of carbonyl (C=O) groups is 2. The first kappa shape index (κ1) is 19.0. The van der Waals surface area contributed by atoms with E-state index >= 15 is 0 Å². The second-order valence-electron chi connectivity index (χ2n) is 9.21. The number of aromatic amines is 1. The Bertz CT molecular complexity index is 940. The van der Waals surface area contributed by atoms with E-state index in [1.807, 2.05) is 32.9 Å². The summed E-state index contributed by atoms with van der Waals surface area (Å²) in [5.74, 6) is 0.0968. The van der Waals surface area contributed by atoms with Crippen LogP contribution in [0, 0.1) is 5.41 Å². The molecular formula is C22H29N3O3. The molecule has 1 aliphatic heterocycles. The highest BCUT2D eigenvalue weighted by Gasteiger charge is 2.41. The minimum atomic E-state index is -0.398. The van der Waals surface area contributed by atoms with Crippen molar-refractivity contribution in [1.82, 2.24) is 15.2 Å². The van der Waals surface area contributed by atoms with Crippen molar-refractivity contribution in [2.75, 3.05) is 20.7 Å². The first-order valence-electron chi connectivity index (χ1n) is 9.93. The number of methoxy groups -OCH3 is 1. The number of benzene rings is 1. The number of likely N-dealkylation sites (tertiary alicyclic amines) is 1. The average molecular weight is 383 g/mol. The molecule has 1 aromatic heterocycles. The van der Waals surface area contributed by atoms with Crippen molar-refractivity contribution in [1.29, 1.82) is 0 Å². The molecule has 0 bridgehead atoms. The molecular weight excluding hydrogens is 354 g/mol. The minimum absolute atomic E-state index is 0.0914. The van der Waals surface area contributed by atoms with E-state index in [1.54, 1.807) is 0 Å². The largest absolute Gasteiger partial charge is 0.464 e. The third-order valence-corrected chi connectivity index (χ3v) is 6.26. The molecule has 1 saturated heterocycles. The molecule has 4 rings (SSSR count). The van der Waals surface area contributed by atoms with Gasteiger partial charge in [-0.3, -0.25) is 4.79 Å². The minimum Gasteiger partial charge on any atom is -0.464 e. The highest BCUT2D eigenvalue weighted by Crippen LogP contribution is 2.44. The second kappa shape index (κ2) is 6.62. The van der Waals surface area contributed by atoms with E-state index in [4.69, 9.17) is 4.74 Å². The van der Waals surface area contributed by atoms with Gasteiger partial charge in [0.15, 0.2) is 0 Å². The quantitative estimate of drug-likeness (QED) is 0.782. The SMILES string of the molecule is COC(=O)c1[nH]c2cccc3c2c1C[C@@H]1[C@@H]3C[C@H](NC(=O)C(C)(C)C)CN1C. The Labute approximate surface area is 165 Å². The molecule has 2 heterocycles. The second-order valence-corrected chi connectivity index (χ2v) is 9.21. The van der Waals surface area contributed by atoms with Crippen LogP contribution in [-0.4, -0.2) is 54.5 Å². The maximum Gasteiger partial charge on any atom is 0.354 e. The number of fused-ring (bicyclic) bond motifs is 2. The number of hydrogen-bond acceptors (Lipinski definition) is 4. The van der Waals surface area contributed by atoms with Gasteiger partial charge in [0.25, 0.3) is 0 Å². The van der Waals surface area contributed by atoms with Crippen molar-refractivity contribution in [2.24, 2.45) is 5.41 Å². The molecule has 0 spiro atoms. The Morgan fingerprint density at radius 2 is 2.04 bits per heavy atom. The molecule has 28 heavy (non-hydrogen) atoms. The number of aromatic nitrogens is 1. The molecule has 1 amide bonds. The molecule has 6 heteroatoms. The van der Waals surface area contributed by atoms with Gasteiger partial charge in [-0.2, -0.15) is 0 Å². The molecule has 150 valence electrons. The lowest BCUT2D eigenvalue weighted by atomic mass is 9.73. The van der Waals surface area contributed by atoms with Gasteiger partial charge in [-0.1, -0.05) is 32.9 Å². The highest BCUT2D eigenvalue weighted by molar-refractivity contribution is 6.00. The van der Waals surface area contributed by atoms with E-state index in [1.165, 1.54) is 12.7 Å². The molecule has 0 radical (unpaired) electrons. The van der Waals surface area contributed by atoms with E-state index in [9.17, 15) is 9.59 Å². The topological polar surface area (TPSA) is 74.4 Å². The molecule has 2 aromatic rings. The number of esters is 1. The molecule has 0 unspecified atom stereocenters. The number of carbonyl (C=O) groups excluding carboxylic acids is 2. The number of H-pyrrole nitrogens is 1. The Morgan fingerprint density at radius 1 is 1.29 bits per heavy atom. The molecule has 2 aliphatic rings. The van der Waals surface area contributed by atoms with Gasteiger partial charge < -0.3 is 19.9 Å². The van der Waals surface area contributed by atoms with Crippen LogP contribution in [0.25, 0.3) is 10.9 Å². The summed E-state index contributed by atoms with van der Waals surface area (Å²) in [4.78, 5) is 30.4. The summed E-state index contributed by atoms with van der Waals surface area (Å²) in [6.07, 6.45) is 1.72.